The molecule has 0 saturated heterocycles. The lowest BCUT2D eigenvalue weighted by Crippen LogP contribution is -3.07. The summed E-state index contributed by atoms with van der Waals surface area (Å²) in [4.78, 5) is 0. The summed E-state index contributed by atoms with van der Waals surface area (Å²) in [5.41, 5.74) is 4.04. The second kappa shape index (κ2) is 4.09. The largest absolute Gasteiger partial charge is 0.458 e. The Bertz CT molecular complexity index is 27.6. The summed E-state index contributed by atoms with van der Waals surface area (Å²) in [5, 5.41) is 1.31. The minimum absolute atomic E-state index is 1.10. The van der Waals surface area contributed by atoms with Crippen LogP contribution in [0.25, 0.3) is 5.43 Å². The average Bonchev–Trinajstić information content (AvgIpc) is 1.72. The third kappa shape index (κ3) is 2.60. The minimum atomic E-state index is 1.10. The van der Waals surface area contributed by atoms with Crippen molar-refractivity contribution in [1.82, 2.24) is 0 Å². The van der Waals surface area contributed by atoms with Crippen LogP contribution in [0.15, 0.2) is 0 Å². The van der Waals surface area contributed by atoms with E-state index in [0.29, 0.717) is 0 Å². The molecule has 0 bridgehead atoms. The quantitative estimate of drug-likeness (QED) is 0.477. The zero-order chi connectivity index (χ0) is 5.70. The first kappa shape index (κ1) is 6.92. The van der Waals surface area contributed by atoms with Gasteiger partial charge in [0.25, 0.3) is 0 Å². The molecule has 7 heavy (non-hydrogen) atoms. The van der Waals surface area contributed by atoms with Crippen LogP contribution in [0.4, 0.5) is 0 Å². The van der Waals surface area contributed by atoms with Crippen molar-refractivity contribution in [2.24, 2.45) is 0 Å². The molecule has 0 amide bonds. The minimum Gasteiger partial charge on any atom is -0.458 e. The van der Waals surface area contributed by atoms with Crippen molar-refractivity contribution in [3.63, 3.8) is 0 Å². The van der Waals surface area contributed by atoms with Gasteiger partial charge >= 0.3 is 0 Å². The Balaban J connectivity index is 2.99. The normalized spacial score (nSPS) is 10.3. The fourth-order valence-electron chi connectivity index (χ4n) is 0.566. The molecule has 0 aromatic heterocycles. The van der Waals surface area contributed by atoms with E-state index in [9.17, 15) is 0 Å². The van der Waals surface area contributed by atoms with Crippen LogP contribution >= 0.6 is 0 Å². The van der Waals surface area contributed by atoms with Crippen molar-refractivity contribution in [1.29, 1.82) is 0 Å². The fourth-order valence-corrected chi connectivity index (χ4v) is 0.566. The zero-order valence-corrected chi connectivity index (χ0v) is 5.36. The van der Waals surface area contributed by atoms with E-state index in [1.807, 2.05) is 7.05 Å². The van der Waals surface area contributed by atoms with Gasteiger partial charge in [0.2, 0.25) is 0 Å². The van der Waals surface area contributed by atoms with Gasteiger partial charge in [0.05, 0.1) is 13.1 Å². The maximum atomic E-state index is 4.04. The molecule has 0 aliphatic carbocycles. The monoisotopic (exact) mass is 102 g/mol. The molecular weight excluding hydrogens is 88.1 g/mol. The van der Waals surface area contributed by atoms with Gasteiger partial charge in [-0.3, -0.25) is 0 Å². The van der Waals surface area contributed by atoms with Crippen LogP contribution < -0.4 is 5.01 Å². The lowest BCUT2D eigenvalue weighted by Gasteiger charge is -2.24. The van der Waals surface area contributed by atoms with E-state index in [-0.39, 0.29) is 0 Å². The second-order valence-corrected chi connectivity index (χ2v) is 1.50. The van der Waals surface area contributed by atoms with E-state index in [1.54, 1.807) is 0 Å². The molecule has 0 fully saturated rings. The highest BCUT2D eigenvalue weighted by Crippen LogP contribution is 1.53. The summed E-state index contributed by atoms with van der Waals surface area (Å²) >= 11 is 0. The van der Waals surface area contributed by atoms with Crippen LogP contribution in [-0.2, 0) is 0 Å². The smallest absolute Gasteiger partial charge is 0.0654 e. The third-order valence-corrected chi connectivity index (χ3v) is 1.13. The van der Waals surface area contributed by atoms with E-state index in [0.717, 1.165) is 13.1 Å². The van der Waals surface area contributed by atoms with Crippen LogP contribution in [0, 0.1) is 0 Å². The van der Waals surface area contributed by atoms with Crippen molar-refractivity contribution >= 4 is 0 Å². The maximum Gasteiger partial charge on any atom is 0.0654 e. The SMILES string of the molecule is CC[NH+](CC)[N-]C. The lowest BCUT2D eigenvalue weighted by atomic mass is 10.6. The van der Waals surface area contributed by atoms with E-state index in [4.69, 9.17) is 0 Å². The first-order valence-electron chi connectivity index (χ1n) is 2.79. The van der Waals surface area contributed by atoms with Crippen LogP contribution in [0.5, 0.6) is 0 Å². The van der Waals surface area contributed by atoms with Crippen molar-refractivity contribution in [3.8, 4) is 0 Å². The molecule has 0 heterocycles. The van der Waals surface area contributed by atoms with Crippen LogP contribution in [0.3, 0.4) is 0 Å². The summed E-state index contributed by atoms with van der Waals surface area (Å²) in [6.07, 6.45) is 0. The predicted molar refractivity (Wildman–Crippen MR) is 31.3 cm³/mol. The molecule has 2 nitrogen and oxygen atoms in total. The highest BCUT2D eigenvalue weighted by atomic mass is 15.5. The lowest BCUT2D eigenvalue weighted by molar-refractivity contribution is -0.857. The van der Waals surface area contributed by atoms with Crippen LogP contribution in [0.1, 0.15) is 13.8 Å². The molecule has 44 valence electrons. The molecule has 0 unspecified atom stereocenters. The van der Waals surface area contributed by atoms with Gasteiger partial charge in [-0.1, -0.05) is 0 Å². The summed E-state index contributed by atoms with van der Waals surface area (Å²) in [5.74, 6) is 0. The molecule has 2 heteroatoms. The summed E-state index contributed by atoms with van der Waals surface area (Å²) in [7, 11) is 1.85. The first-order valence-corrected chi connectivity index (χ1v) is 2.79. The van der Waals surface area contributed by atoms with Crippen molar-refractivity contribution in [3.05, 3.63) is 5.43 Å². The van der Waals surface area contributed by atoms with Gasteiger partial charge in [0.1, 0.15) is 0 Å². The molecule has 1 N–H and O–H groups in total. The van der Waals surface area contributed by atoms with Gasteiger partial charge in [0, 0.05) is 0 Å². The number of hydrogen-bond donors (Lipinski definition) is 1. The highest BCUT2D eigenvalue weighted by molar-refractivity contribution is 4.37. The Morgan fingerprint density at radius 1 is 1.29 bits per heavy atom. The average molecular weight is 102 g/mol. The number of quaternary nitrogens is 1. The number of hydrogen-bond acceptors (Lipinski definition) is 0. The molecular formula is C5H14N2. The molecule has 0 saturated carbocycles. The maximum absolute atomic E-state index is 4.04. The Morgan fingerprint density at radius 3 is 1.71 bits per heavy atom. The molecule has 0 aliphatic rings. The second-order valence-electron chi connectivity index (χ2n) is 1.50. The van der Waals surface area contributed by atoms with E-state index >= 15 is 0 Å². The number of nitrogens with zero attached hydrogens (tertiary/aromatic N) is 1. The summed E-state index contributed by atoms with van der Waals surface area (Å²) in [6, 6.07) is 0. The van der Waals surface area contributed by atoms with E-state index in [2.05, 4.69) is 19.3 Å². The Kier molecular flexibility index (Phi) is 4.04. The fraction of sp³-hybridized carbons (Fsp3) is 1.00. The van der Waals surface area contributed by atoms with Gasteiger partial charge < -0.3 is 10.4 Å². The van der Waals surface area contributed by atoms with Crippen molar-refractivity contribution in [2.75, 3.05) is 20.1 Å². The topological polar surface area (TPSA) is 18.5 Å². The Hall–Kier alpha value is -0.0800. The molecule has 0 atom stereocenters. The summed E-state index contributed by atoms with van der Waals surface area (Å²) in [6.45, 7) is 6.47. The zero-order valence-electron chi connectivity index (χ0n) is 5.36. The standard InChI is InChI=1S/C5H14N2/c1-4-7(5-2)6-3/h7H,4-5H2,1-3H3. The molecule has 0 aromatic carbocycles. The highest BCUT2D eigenvalue weighted by Gasteiger charge is 1.82. The van der Waals surface area contributed by atoms with Gasteiger partial charge in [0.15, 0.2) is 0 Å². The molecule has 0 aliphatic heterocycles. The Morgan fingerprint density at radius 2 is 1.71 bits per heavy atom. The van der Waals surface area contributed by atoms with Crippen molar-refractivity contribution in [2.45, 2.75) is 13.8 Å². The van der Waals surface area contributed by atoms with Gasteiger partial charge in [-0.2, -0.15) is 0 Å². The van der Waals surface area contributed by atoms with Crippen molar-refractivity contribution < 1.29 is 5.01 Å². The van der Waals surface area contributed by atoms with E-state index in [1.165, 1.54) is 5.01 Å². The molecule has 0 spiro atoms. The predicted octanol–water partition coefficient (Wildman–Crippen LogP) is -0.170. The third-order valence-electron chi connectivity index (χ3n) is 1.13. The molecule has 0 rings (SSSR count). The summed E-state index contributed by atoms with van der Waals surface area (Å²) < 4.78 is 0. The van der Waals surface area contributed by atoms with Gasteiger partial charge in [-0.25, -0.2) is 0 Å². The molecule has 0 aromatic rings. The van der Waals surface area contributed by atoms with Gasteiger partial charge in [-0.05, 0) is 13.8 Å². The number of nitrogens with one attached hydrogen (secondary N) is 1. The molecule has 0 radical (unpaired) electrons. The number of rotatable bonds is 3. The van der Waals surface area contributed by atoms with Gasteiger partial charge in [-0.15, -0.1) is 7.05 Å². The first-order chi connectivity index (χ1) is 3.35. The Labute approximate surface area is 45.5 Å². The van der Waals surface area contributed by atoms with Crippen LogP contribution in [-0.4, -0.2) is 20.1 Å². The van der Waals surface area contributed by atoms with Crippen LogP contribution in [0.2, 0.25) is 0 Å². The van der Waals surface area contributed by atoms with E-state index < -0.39 is 0 Å².